The zero-order valence-corrected chi connectivity index (χ0v) is 22.4. The van der Waals surface area contributed by atoms with E-state index in [1.807, 2.05) is 13.0 Å². The third kappa shape index (κ3) is 6.33. The van der Waals surface area contributed by atoms with Crippen molar-refractivity contribution >= 4 is 43.3 Å². The van der Waals surface area contributed by atoms with E-state index in [1.54, 1.807) is 44.2 Å². The first kappa shape index (κ1) is 26.8. The Morgan fingerprint density at radius 3 is 2.18 bits per heavy atom. The van der Waals surface area contributed by atoms with Crippen LogP contribution in [-0.2, 0) is 20.0 Å². The molecule has 12 heteroatoms. The monoisotopic (exact) mass is 551 g/mol. The average Bonchev–Trinajstić information content (AvgIpc) is 2.84. The van der Waals surface area contributed by atoms with Gasteiger partial charge in [0.15, 0.2) is 0 Å². The average molecular weight is 552 g/mol. The molecule has 4 aromatic rings. The summed E-state index contributed by atoms with van der Waals surface area (Å²) in [6, 6.07) is 18.4. The third-order valence-corrected chi connectivity index (χ3v) is 8.32. The Morgan fingerprint density at radius 1 is 0.763 bits per heavy atom. The summed E-state index contributed by atoms with van der Waals surface area (Å²) in [5.74, 6) is -0.608. The minimum Gasteiger partial charge on any atom is -0.322 e. The predicted octanol–water partition coefficient (Wildman–Crippen LogP) is 4.26. The van der Waals surface area contributed by atoms with Crippen LogP contribution in [0.25, 0.3) is 0 Å². The quantitative estimate of drug-likeness (QED) is 0.296. The number of carbonyl (C=O) groups excluding carboxylic acids is 1. The maximum absolute atomic E-state index is 13.0. The number of carbonyl (C=O) groups is 1. The molecule has 0 aliphatic rings. The van der Waals surface area contributed by atoms with Gasteiger partial charge in [0, 0.05) is 28.8 Å². The standard InChI is InChI=1S/C26H25N5O5S2/c1-17-5-4-6-22(15-17)30-38(35,36)24-16-20(8-7-18(24)2)25(32)29-21-9-11-23(12-10-21)37(33,34)31-26-27-14-13-19(3)28-26/h4-16,30H,1-3H3,(H,29,32)(H,27,28,31). The molecular formula is C26H25N5O5S2. The Balaban J connectivity index is 1.50. The van der Waals surface area contributed by atoms with E-state index in [9.17, 15) is 21.6 Å². The van der Waals surface area contributed by atoms with E-state index in [-0.39, 0.29) is 21.3 Å². The van der Waals surface area contributed by atoms with Crippen LogP contribution in [-0.4, -0.2) is 32.7 Å². The Morgan fingerprint density at radius 2 is 1.50 bits per heavy atom. The van der Waals surface area contributed by atoms with Gasteiger partial charge in [0.25, 0.3) is 26.0 Å². The lowest BCUT2D eigenvalue weighted by molar-refractivity contribution is 0.102. The van der Waals surface area contributed by atoms with Gasteiger partial charge in [-0.2, -0.15) is 0 Å². The normalized spacial score (nSPS) is 11.6. The highest BCUT2D eigenvalue weighted by molar-refractivity contribution is 7.93. The lowest BCUT2D eigenvalue weighted by Gasteiger charge is -2.13. The minimum atomic E-state index is -3.95. The number of benzene rings is 3. The number of nitrogens with one attached hydrogen (secondary N) is 3. The van der Waals surface area contributed by atoms with Crippen LogP contribution in [0.5, 0.6) is 0 Å². The van der Waals surface area contributed by atoms with Gasteiger partial charge in [-0.05, 0) is 86.5 Å². The first-order valence-corrected chi connectivity index (χ1v) is 14.3. The van der Waals surface area contributed by atoms with Gasteiger partial charge in [-0.1, -0.05) is 18.2 Å². The number of aromatic nitrogens is 2. The largest absolute Gasteiger partial charge is 0.322 e. The van der Waals surface area contributed by atoms with Gasteiger partial charge in [0.1, 0.15) is 0 Å². The Hall–Kier alpha value is -4.29. The first-order valence-electron chi connectivity index (χ1n) is 11.4. The highest BCUT2D eigenvalue weighted by Crippen LogP contribution is 2.23. The molecule has 38 heavy (non-hydrogen) atoms. The SMILES string of the molecule is Cc1cccc(NS(=O)(=O)c2cc(C(=O)Nc3ccc(S(=O)(=O)Nc4nccc(C)n4)cc3)ccc2C)c1. The fourth-order valence-electron chi connectivity index (χ4n) is 3.55. The topological polar surface area (TPSA) is 147 Å². The second-order valence-corrected chi connectivity index (χ2v) is 11.9. The summed E-state index contributed by atoms with van der Waals surface area (Å²) in [4.78, 5) is 20.7. The summed E-state index contributed by atoms with van der Waals surface area (Å²) in [7, 11) is -7.90. The van der Waals surface area contributed by atoms with Crippen molar-refractivity contribution in [2.75, 3.05) is 14.8 Å². The summed E-state index contributed by atoms with van der Waals surface area (Å²) >= 11 is 0. The minimum absolute atomic E-state index is 0.0301. The van der Waals surface area contributed by atoms with Crippen LogP contribution in [0.3, 0.4) is 0 Å². The first-order chi connectivity index (χ1) is 17.9. The molecule has 3 N–H and O–H groups in total. The molecular weight excluding hydrogens is 526 g/mol. The Kier molecular flexibility index (Phi) is 7.46. The molecule has 1 amide bonds. The van der Waals surface area contributed by atoms with E-state index in [4.69, 9.17) is 0 Å². The molecule has 4 rings (SSSR count). The molecule has 196 valence electrons. The molecule has 0 radical (unpaired) electrons. The van der Waals surface area contributed by atoms with Gasteiger partial charge in [-0.25, -0.2) is 31.5 Å². The molecule has 3 aromatic carbocycles. The number of sulfonamides is 2. The van der Waals surface area contributed by atoms with Crippen LogP contribution >= 0.6 is 0 Å². The molecule has 0 saturated carbocycles. The molecule has 0 bridgehead atoms. The van der Waals surface area contributed by atoms with Gasteiger partial charge in [-0.15, -0.1) is 0 Å². The van der Waals surface area contributed by atoms with Gasteiger partial charge in [0.2, 0.25) is 5.95 Å². The fraction of sp³-hybridized carbons (Fsp3) is 0.115. The molecule has 10 nitrogen and oxygen atoms in total. The second-order valence-electron chi connectivity index (χ2n) is 8.56. The number of amides is 1. The van der Waals surface area contributed by atoms with Crippen LogP contribution < -0.4 is 14.8 Å². The molecule has 1 heterocycles. The maximum Gasteiger partial charge on any atom is 0.264 e. The molecule has 1 aromatic heterocycles. The van der Waals surface area contributed by atoms with Crippen LogP contribution in [0, 0.1) is 20.8 Å². The summed E-state index contributed by atoms with van der Waals surface area (Å²) in [6.07, 6.45) is 1.44. The summed E-state index contributed by atoms with van der Waals surface area (Å²) < 4.78 is 56.2. The van der Waals surface area contributed by atoms with E-state index in [2.05, 4.69) is 24.7 Å². The molecule has 0 fully saturated rings. The number of nitrogens with zero attached hydrogens (tertiary/aromatic N) is 2. The Labute approximate surface area is 221 Å². The Bertz CT molecular complexity index is 1720. The van der Waals surface area contributed by atoms with Crippen molar-refractivity contribution in [2.45, 2.75) is 30.6 Å². The predicted molar refractivity (Wildman–Crippen MR) is 145 cm³/mol. The van der Waals surface area contributed by atoms with Crippen LogP contribution in [0.15, 0.2) is 88.8 Å². The van der Waals surface area contributed by atoms with Gasteiger partial charge in [-0.3, -0.25) is 9.52 Å². The van der Waals surface area contributed by atoms with Crippen molar-refractivity contribution in [3.63, 3.8) is 0 Å². The zero-order valence-electron chi connectivity index (χ0n) is 20.8. The van der Waals surface area contributed by atoms with Crippen molar-refractivity contribution < 1.29 is 21.6 Å². The molecule has 0 spiro atoms. The molecule has 0 atom stereocenters. The lowest BCUT2D eigenvalue weighted by atomic mass is 10.1. The van der Waals surface area contributed by atoms with Crippen LogP contribution in [0.4, 0.5) is 17.3 Å². The number of hydrogen-bond donors (Lipinski definition) is 3. The van der Waals surface area contributed by atoms with Crippen LogP contribution in [0.2, 0.25) is 0 Å². The summed E-state index contributed by atoms with van der Waals surface area (Å²) in [5, 5.41) is 2.66. The number of hydrogen-bond acceptors (Lipinski definition) is 7. The van der Waals surface area contributed by atoms with Crippen molar-refractivity contribution in [3.8, 4) is 0 Å². The van der Waals surface area contributed by atoms with E-state index in [1.165, 1.54) is 42.6 Å². The molecule has 0 unspecified atom stereocenters. The van der Waals surface area contributed by atoms with Crippen molar-refractivity contribution in [1.82, 2.24) is 9.97 Å². The summed E-state index contributed by atoms with van der Waals surface area (Å²) in [5.41, 5.74) is 2.83. The van der Waals surface area contributed by atoms with E-state index in [0.717, 1.165) is 5.56 Å². The summed E-state index contributed by atoms with van der Waals surface area (Å²) in [6.45, 7) is 5.20. The van der Waals surface area contributed by atoms with Crippen molar-refractivity contribution in [1.29, 1.82) is 0 Å². The molecule has 0 aliphatic heterocycles. The van der Waals surface area contributed by atoms with Crippen molar-refractivity contribution in [2.24, 2.45) is 0 Å². The maximum atomic E-state index is 13.0. The fourth-order valence-corrected chi connectivity index (χ4v) is 5.82. The van der Waals surface area contributed by atoms with Gasteiger partial charge >= 0.3 is 0 Å². The smallest absolute Gasteiger partial charge is 0.264 e. The number of anilines is 3. The van der Waals surface area contributed by atoms with Crippen molar-refractivity contribution in [3.05, 3.63) is 101 Å². The highest BCUT2D eigenvalue weighted by atomic mass is 32.2. The third-order valence-electron chi connectivity index (χ3n) is 5.45. The molecule has 0 saturated heterocycles. The van der Waals surface area contributed by atoms with E-state index in [0.29, 0.717) is 22.6 Å². The second kappa shape index (κ2) is 10.6. The number of aryl methyl sites for hydroxylation is 3. The zero-order chi connectivity index (χ0) is 27.5. The van der Waals surface area contributed by atoms with E-state index >= 15 is 0 Å². The molecule has 0 aliphatic carbocycles. The van der Waals surface area contributed by atoms with E-state index < -0.39 is 26.0 Å². The van der Waals surface area contributed by atoms with Gasteiger partial charge < -0.3 is 5.32 Å². The number of rotatable bonds is 8. The lowest BCUT2D eigenvalue weighted by Crippen LogP contribution is -2.17. The van der Waals surface area contributed by atoms with Gasteiger partial charge in [0.05, 0.1) is 9.79 Å². The van der Waals surface area contributed by atoms with Crippen LogP contribution in [0.1, 0.15) is 27.2 Å². The highest BCUT2D eigenvalue weighted by Gasteiger charge is 2.20.